The third kappa shape index (κ3) is 36.3. The van der Waals surface area contributed by atoms with Crippen LogP contribution in [0.5, 0.6) is 28.1 Å². The number of carboxylic acids is 5. The Morgan fingerprint density at radius 2 is 1.31 bits per heavy atom. The first-order chi connectivity index (χ1) is 71.8. The van der Waals surface area contributed by atoms with Gasteiger partial charge >= 0.3 is 35.8 Å². The molecule has 6 aliphatic carbocycles. The van der Waals surface area contributed by atoms with Gasteiger partial charge in [-0.1, -0.05) is 131 Å². The summed E-state index contributed by atoms with van der Waals surface area (Å²) in [5, 5.41) is 69.7. The molecule has 0 saturated heterocycles. The van der Waals surface area contributed by atoms with Crippen LogP contribution in [0.15, 0.2) is 191 Å². The standard InChI is InChI=1S/C27H28Cl2O5S.C22H23NO8.C21H26BrCl2NO5.C21H23ClO4S.C20H24O6/c28-22-13-20(15-33-14-18-7-4-8-19(11-18)27(31)32)21(26(22)29)16-34-25-10-9-24(35-25)23(30)12-17-5-2-1-3-6-17;24-16-3-1-2-14-18(6-7-23-20(14)16)30-11-15-12(8-17(25)21(15)26)9-29-10-13-4-5-19(31-13)22(27)28;1-13(26)29-11-15-9-16(10-19(23)25-15)30-12-17-14(8-18(22)21(17)24)6-4-2-3-5-7-20(27)28;22-16-13-27-19-8-5-7-18(21(16)19)26-12-15-14(10-11-17(15)23)6-3-1-2-4-9-20(24)25;21-17-8-7-14(12-24-10-2-1-6-20(22)23)16(17)13-26-19-5-3-4-18-15(19)9-11-25-18/h1-11,20-23,26,30H,12-16H2,(H,31,32);4-7,12,15-16,24H,1-3,8-11H2,(H,27,28);2,4,9-10,14,17-18,21H,3,5-8,11-12H2,1H3,(H,27,28);5,7-8,10-11,13-15H,1-4,6,9,12H2,(H,24,25);3-5,9,11,14,16H,1-2,6-8,10,12-13H2,(H,22,23)/b;;4-2-;;/t20-,21-,22?,23?,26?;12-,15-,16?;14-,17+,18?,21?;14-,15+;14-,16-/m11001/s1. The predicted molar refractivity (Wildman–Crippen MR) is 567 cm³/mol. The van der Waals surface area contributed by atoms with Gasteiger partial charge in [0.05, 0.1) is 145 Å². The summed E-state index contributed by atoms with van der Waals surface area (Å²) in [5.74, 6) is -2.90. The first kappa shape index (κ1) is 117. The van der Waals surface area contributed by atoms with E-state index in [0.29, 0.717) is 131 Å². The number of nitrogens with zero attached hydrogens (tertiary/aromatic N) is 2. The molecular formula is C111H124BrCl5N2O28S2. The highest BCUT2D eigenvalue weighted by Crippen LogP contribution is 2.46. The zero-order chi connectivity index (χ0) is 106. The highest BCUT2D eigenvalue weighted by atomic mass is 79.9. The number of alkyl halides is 4. The second-order valence-electron chi connectivity index (χ2n) is 37.6. The zero-order valence-corrected chi connectivity index (χ0v) is 89.3. The fraction of sp³-hybridized carbons (Fsp3) is 0.459. The number of Topliss-reactive ketones (excluding diaryl/α,β-unsaturated/α-hetero) is 3. The smallest absolute Gasteiger partial charge is 0.371 e. The van der Waals surface area contributed by atoms with Crippen molar-refractivity contribution in [1.82, 2.24) is 9.97 Å². The summed E-state index contributed by atoms with van der Waals surface area (Å²) in [7, 11) is 0. The number of carbonyl (C=O) groups excluding carboxylic acids is 5. The number of ether oxygens (including phenoxy) is 9. The number of carboxylic acid groups (broad SMARTS) is 5. The normalized spacial score (nSPS) is 21.8. The summed E-state index contributed by atoms with van der Waals surface area (Å²) >= 11 is 38.7. The fourth-order valence-electron chi connectivity index (χ4n) is 18.8. The minimum absolute atomic E-state index is 0.0179. The molecule has 16 rings (SSSR count). The Labute approximate surface area is 904 Å². The lowest BCUT2D eigenvalue weighted by molar-refractivity contribution is -0.142. The van der Waals surface area contributed by atoms with Crippen molar-refractivity contribution in [3.8, 4) is 28.1 Å². The fourth-order valence-corrected chi connectivity index (χ4v) is 23.2. The first-order valence-corrected chi connectivity index (χ1v) is 54.6. The van der Waals surface area contributed by atoms with Crippen LogP contribution in [0.3, 0.4) is 0 Å². The average Bonchev–Trinajstić information content (AvgIpc) is 1.67. The highest BCUT2D eigenvalue weighted by Gasteiger charge is 2.45. The van der Waals surface area contributed by atoms with Crippen LogP contribution >= 0.6 is 96.6 Å². The number of aliphatic hydroxyl groups excluding tert-OH is 2. The molecule has 4 saturated carbocycles. The number of aliphatic carboxylic acids is 3. The highest BCUT2D eigenvalue weighted by molar-refractivity contribution is 9.09. The number of rotatable bonds is 50. The number of aliphatic hydroxyl groups is 2. The first-order valence-electron chi connectivity index (χ1n) is 49.9. The van der Waals surface area contributed by atoms with Crippen molar-refractivity contribution in [1.29, 1.82) is 0 Å². The number of aromatic carboxylic acids is 2. The summed E-state index contributed by atoms with van der Waals surface area (Å²) in [5.41, 5.74) is 4.86. The number of pyridine rings is 2. The van der Waals surface area contributed by atoms with E-state index in [1.54, 1.807) is 66.3 Å². The van der Waals surface area contributed by atoms with Gasteiger partial charge in [-0.3, -0.25) is 43.3 Å². The molecule has 0 amide bonds. The van der Waals surface area contributed by atoms with E-state index in [2.05, 4.69) is 32.0 Å². The van der Waals surface area contributed by atoms with Crippen molar-refractivity contribution in [2.24, 2.45) is 59.2 Å². The number of furan rings is 2. The Morgan fingerprint density at radius 3 is 2.08 bits per heavy atom. The van der Waals surface area contributed by atoms with Gasteiger partial charge in [0.25, 0.3) is 0 Å². The Balaban J connectivity index is 0.000000166. The van der Waals surface area contributed by atoms with E-state index < -0.39 is 65.5 Å². The number of benzene rings is 4. The van der Waals surface area contributed by atoms with Gasteiger partial charge in [0, 0.05) is 113 Å². The predicted octanol–water partition coefficient (Wildman–Crippen LogP) is 23.1. The molecule has 0 radical (unpaired) electrons. The number of fused-ring (bicyclic) bond motifs is 3. The molecule has 800 valence electrons. The number of halogens is 6. The second kappa shape index (κ2) is 60.0. The van der Waals surface area contributed by atoms with E-state index in [1.807, 2.05) is 109 Å². The number of esters is 1. The van der Waals surface area contributed by atoms with Gasteiger partial charge in [-0.05, 0) is 197 Å². The van der Waals surface area contributed by atoms with Crippen LogP contribution in [0.1, 0.15) is 207 Å². The van der Waals surface area contributed by atoms with Crippen LogP contribution in [0.2, 0.25) is 10.2 Å². The van der Waals surface area contributed by atoms with Gasteiger partial charge in [-0.15, -0.1) is 57.5 Å². The van der Waals surface area contributed by atoms with Crippen molar-refractivity contribution >= 4 is 177 Å². The van der Waals surface area contributed by atoms with E-state index in [4.69, 9.17) is 135 Å². The van der Waals surface area contributed by atoms with Gasteiger partial charge < -0.3 is 87.2 Å². The Bertz CT molecular complexity index is 6150. The van der Waals surface area contributed by atoms with E-state index in [-0.39, 0.29) is 148 Å². The maximum Gasteiger partial charge on any atom is 0.371 e. The molecule has 149 heavy (non-hydrogen) atoms. The molecule has 6 aliphatic rings. The maximum atomic E-state index is 12.4. The Kier molecular flexibility index (Phi) is 47.1. The second-order valence-corrected chi connectivity index (χ2v) is 43.1. The van der Waals surface area contributed by atoms with Crippen LogP contribution in [-0.2, 0) is 90.0 Å². The monoisotopic (exact) mass is 2250 g/mol. The van der Waals surface area contributed by atoms with E-state index in [1.165, 1.54) is 30.4 Å². The molecule has 16 atom stereocenters. The molecule has 10 aromatic rings. The molecule has 30 nitrogen and oxygen atoms in total. The maximum absolute atomic E-state index is 12.4. The van der Waals surface area contributed by atoms with E-state index >= 15 is 0 Å². The van der Waals surface area contributed by atoms with Gasteiger partial charge in [-0.2, -0.15) is 0 Å². The molecule has 6 unspecified atom stereocenters. The summed E-state index contributed by atoms with van der Waals surface area (Å²) in [6.45, 7) is 4.94. The zero-order valence-electron chi connectivity index (χ0n) is 82.3. The van der Waals surface area contributed by atoms with Crippen molar-refractivity contribution in [2.75, 3.05) is 59.5 Å². The lowest BCUT2D eigenvalue weighted by Gasteiger charge is -2.24. The summed E-state index contributed by atoms with van der Waals surface area (Å²) < 4.78 is 63.6. The van der Waals surface area contributed by atoms with Gasteiger partial charge in [0.2, 0.25) is 11.5 Å². The van der Waals surface area contributed by atoms with Gasteiger partial charge in [-0.25, -0.2) is 14.6 Å². The van der Waals surface area contributed by atoms with Crippen LogP contribution < -0.4 is 23.7 Å². The van der Waals surface area contributed by atoms with Gasteiger partial charge in [0.1, 0.15) is 58.5 Å². The lowest BCUT2D eigenvalue weighted by Crippen LogP contribution is -2.27. The summed E-state index contributed by atoms with van der Waals surface area (Å²) in [4.78, 5) is 123. The van der Waals surface area contributed by atoms with E-state index in [9.17, 15) is 58.2 Å². The van der Waals surface area contributed by atoms with Crippen LogP contribution in [0.4, 0.5) is 0 Å². The molecular weight excluding hydrogens is 2130 g/mol. The third-order valence-corrected chi connectivity index (χ3v) is 32.6. The van der Waals surface area contributed by atoms with Gasteiger partial charge in [0.15, 0.2) is 16.6 Å². The molecule has 6 aromatic heterocycles. The van der Waals surface area contributed by atoms with Crippen molar-refractivity contribution < 1.29 is 135 Å². The largest absolute Gasteiger partial charge is 0.493 e. The molecule has 38 heteroatoms. The number of ketones is 4. The number of carbonyl (C=O) groups is 10. The van der Waals surface area contributed by atoms with Crippen LogP contribution in [0.25, 0.3) is 21.1 Å². The summed E-state index contributed by atoms with van der Waals surface area (Å²) in [6.07, 6.45) is 24.4. The van der Waals surface area contributed by atoms with E-state index in [0.717, 1.165) is 136 Å². The number of hydrogen-bond acceptors (Lipinski definition) is 27. The number of hydrogen-bond donors (Lipinski definition) is 7. The van der Waals surface area contributed by atoms with Crippen molar-refractivity contribution in [3.05, 3.63) is 242 Å². The summed E-state index contributed by atoms with van der Waals surface area (Å²) in [6, 6.07) is 41.6. The molecule has 0 spiro atoms. The molecule has 7 N–H and O–H groups in total. The molecule has 0 aliphatic heterocycles. The molecule has 4 fully saturated rings. The Morgan fingerprint density at radius 1 is 0.611 bits per heavy atom. The molecule has 4 aromatic carbocycles. The molecule has 0 bridgehead atoms. The quantitative estimate of drug-likeness (QED) is 0.00465. The van der Waals surface area contributed by atoms with Crippen molar-refractivity contribution in [2.45, 2.75) is 201 Å². The molecule has 6 heterocycles. The number of allylic oxidation sites excluding steroid dienone is 4. The SMILES string of the molecule is CC(=O)OCc1cc(OC[C@H]2C(Cl)C(Br)C[C@@H]2C/C=C\CCCC(=O)O)cc(Cl)n1.O=C(O)CCCCCC[C@H]1C=CC(=O)[C@@H]1COc1cccc2scc(Cl)c12.O=C(O)CCCCOC[C@H]1CCC(=O)[C@@H]1COc1cccc2occc12.O=C(O)c1cccc(COC[C@H]2CC(Cl)C(Cl)[C@@H]2COc2ccc(C(O)Cc3ccccc3)s2)c1.O=C1C[C@H](COCc2ccc(C(=O)O)o2)[C@@H](COc2ccnc3c2CCCC3O)C1=O. The third-order valence-electron chi connectivity index (χ3n) is 26.9. The van der Waals surface area contributed by atoms with Crippen molar-refractivity contribution in [3.63, 3.8) is 0 Å². The Hall–Kier alpha value is -10.6. The number of aromatic nitrogens is 2. The van der Waals surface area contributed by atoms with Crippen LogP contribution in [0, 0.1) is 59.2 Å². The number of unbranched alkanes of at least 4 members (excludes halogenated alkanes) is 5. The van der Waals surface area contributed by atoms with Crippen LogP contribution in [-0.4, -0.2) is 185 Å². The topological polar surface area (TPSA) is 447 Å². The average molecular weight is 2260 g/mol. The minimum atomic E-state index is -1.17. The number of thiophene rings is 2. The minimum Gasteiger partial charge on any atom is -0.493 e. The lowest BCUT2D eigenvalue weighted by atomic mass is 9.90.